The molecule has 0 spiro atoms. The first-order chi connectivity index (χ1) is 9.60. The molecule has 2 aromatic rings. The predicted molar refractivity (Wildman–Crippen MR) is 75.0 cm³/mol. The molecule has 0 saturated carbocycles. The molecule has 6 heteroatoms. The van der Waals surface area contributed by atoms with Gasteiger partial charge in [0.05, 0.1) is 7.11 Å². The molecule has 1 aromatic heterocycles. The number of halogens is 1. The highest BCUT2D eigenvalue weighted by Gasteiger charge is 2.12. The molecule has 5 nitrogen and oxygen atoms in total. The molecular weight excluding hydrogens is 280 g/mol. The zero-order chi connectivity index (χ0) is 14.5. The van der Waals surface area contributed by atoms with E-state index in [9.17, 15) is 9.59 Å². The minimum absolute atomic E-state index is 0.0799. The molecule has 0 aliphatic carbocycles. The highest BCUT2D eigenvalue weighted by atomic mass is 35.5. The summed E-state index contributed by atoms with van der Waals surface area (Å²) in [5.74, 6) is -1.01. The molecule has 102 valence electrons. The molecule has 0 saturated heterocycles. The summed E-state index contributed by atoms with van der Waals surface area (Å²) in [6, 6.07) is 11.2. The number of rotatable bonds is 3. The number of anilines is 1. The van der Waals surface area contributed by atoms with Crippen LogP contribution < -0.4 is 5.32 Å². The van der Waals surface area contributed by atoms with Crippen LogP contribution in [-0.4, -0.2) is 24.0 Å². The van der Waals surface area contributed by atoms with Gasteiger partial charge < -0.3 is 10.1 Å². The molecule has 20 heavy (non-hydrogen) atoms. The van der Waals surface area contributed by atoms with Crippen LogP contribution in [-0.2, 0) is 4.74 Å². The van der Waals surface area contributed by atoms with E-state index >= 15 is 0 Å². The third-order valence-corrected chi connectivity index (χ3v) is 2.73. The van der Waals surface area contributed by atoms with E-state index < -0.39 is 11.9 Å². The fraction of sp³-hybridized carbons (Fsp3) is 0.0714. The maximum absolute atomic E-state index is 12.0. The van der Waals surface area contributed by atoms with Crippen LogP contribution in [0.15, 0.2) is 42.5 Å². The molecule has 0 bridgehead atoms. The van der Waals surface area contributed by atoms with Crippen molar-refractivity contribution in [3.8, 4) is 0 Å². The Morgan fingerprint density at radius 2 is 1.75 bits per heavy atom. The lowest BCUT2D eigenvalue weighted by molar-refractivity contribution is 0.0594. The topological polar surface area (TPSA) is 68.3 Å². The minimum atomic E-state index is -0.592. The lowest BCUT2D eigenvalue weighted by Gasteiger charge is -2.05. The molecule has 0 unspecified atom stereocenters. The van der Waals surface area contributed by atoms with Gasteiger partial charge in [0.2, 0.25) is 0 Å². The maximum atomic E-state index is 12.0. The number of pyridine rings is 1. The number of methoxy groups -OCH3 is 1. The summed E-state index contributed by atoms with van der Waals surface area (Å²) >= 11 is 5.76. The number of nitrogens with one attached hydrogen (secondary N) is 1. The fourth-order valence-electron chi connectivity index (χ4n) is 1.51. The van der Waals surface area contributed by atoms with Crippen LogP contribution in [0, 0.1) is 0 Å². The van der Waals surface area contributed by atoms with Gasteiger partial charge in [0, 0.05) is 10.7 Å². The Morgan fingerprint density at radius 3 is 2.40 bits per heavy atom. The fourth-order valence-corrected chi connectivity index (χ4v) is 1.63. The van der Waals surface area contributed by atoms with Crippen LogP contribution in [0.3, 0.4) is 0 Å². The predicted octanol–water partition coefficient (Wildman–Crippen LogP) is 2.77. The number of carbonyl (C=O) groups is 2. The normalized spacial score (nSPS) is 9.90. The maximum Gasteiger partial charge on any atom is 0.356 e. The molecule has 0 atom stereocenters. The summed E-state index contributed by atoms with van der Waals surface area (Å²) in [6.45, 7) is 0. The number of esters is 1. The highest BCUT2D eigenvalue weighted by molar-refractivity contribution is 6.30. The molecule has 0 radical (unpaired) electrons. The third kappa shape index (κ3) is 3.33. The number of carbonyl (C=O) groups excluding carboxylic acids is 2. The van der Waals surface area contributed by atoms with E-state index in [0.717, 1.165) is 0 Å². The van der Waals surface area contributed by atoms with Crippen molar-refractivity contribution in [1.29, 1.82) is 0 Å². The monoisotopic (exact) mass is 290 g/mol. The standard InChI is InChI=1S/C14H11ClN2O3/c1-20-14(19)12-4-2-3-11(17-12)13(18)16-10-7-5-9(15)6-8-10/h2-8H,1H3,(H,16,18). The Morgan fingerprint density at radius 1 is 1.10 bits per heavy atom. The van der Waals surface area contributed by atoms with E-state index in [0.29, 0.717) is 10.7 Å². The third-order valence-electron chi connectivity index (χ3n) is 2.48. The van der Waals surface area contributed by atoms with Crippen molar-refractivity contribution in [1.82, 2.24) is 4.98 Å². The van der Waals surface area contributed by atoms with E-state index in [1.54, 1.807) is 30.3 Å². The van der Waals surface area contributed by atoms with Crippen LogP contribution in [0.1, 0.15) is 21.0 Å². The Balaban J connectivity index is 2.17. The van der Waals surface area contributed by atoms with Gasteiger partial charge in [-0.2, -0.15) is 0 Å². The lowest BCUT2D eigenvalue weighted by atomic mass is 10.2. The molecule has 1 aromatic carbocycles. The summed E-state index contributed by atoms with van der Waals surface area (Å²) in [7, 11) is 1.25. The van der Waals surface area contributed by atoms with Gasteiger partial charge in [-0.1, -0.05) is 17.7 Å². The van der Waals surface area contributed by atoms with Gasteiger partial charge in [-0.25, -0.2) is 9.78 Å². The Kier molecular flexibility index (Phi) is 4.32. The average molecular weight is 291 g/mol. The van der Waals surface area contributed by atoms with Gasteiger partial charge in [-0.05, 0) is 36.4 Å². The van der Waals surface area contributed by atoms with Crippen molar-refractivity contribution in [2.75, 3.05) is 12.4 Å². The number of benzene rings is 1. The van der Waals surface area contributed by atoms with Crippen molar-refractivity contribution < 1.29 is 14.3 Å². The number of ether oxygens (including phenoxy) is 1. The molecule has 0 aliphatic heterocycles. The van der Waals surface area contributed by atoms with E-state index in [1.165, 1.54) is 19.2 Å². The summed E-state index contributed by atoms with van der Waals surface area (Å²) in [5.41, 5.74) is 0.795. The van der Waals surface area contributed by atoms with Crippen molar-refractivity contribution >= 4 is 29.2 Å². The molecule has 0 aliphatic rings. The average Bonchev–Trinajstić information content (AvgIpc) is 2.49. The number of nitrogens with zero attached hydrogens (tertiary/aromatic N) is 1. The van der Waals surface area contributed by atoms with Crippen molar-refractivity contribution in [3.63, 3.8) is 0 Å². The second-order valence-corrected chi connectivity index (χ2v) is 4.30. The first kappa shape index (κ1) is 14.0. The van der Waals surface area contributed by atoms with Crippen molar-refractivity contribution in [2.45, 2.75) is 0 Å². The van der Waals surface area contributed by atoms with Crippen LogP contribution in [0.2, 0.25) is 5.02 Å². The Hall–Kier alpha value is -2.40. The van der Waals surface area contributed by atoms with Crippen LogP contribution in [0.5, 0.6) is 0 Å². The van der Waals surface area contributed by atoms with Gasteiger partial charge in [0.15, 0.2) is 0 Å². The first-order valence-corrected chi connectivity index (χ1v) is 6.10. The highest BCUT2D eigenvalue weighted by Crippen LogP contribution is 2.14. The van der Waals surface area contributed by atoms with Gasteiger partial charge in [-0.15, -0.1) is 0 Å². The van der Waals surface area contributed by atoms with Gasteiger partial charge in [-0.3, -0.25) is 4.79 Å². The summed E-state index contributed by atoms with van der Waals surface area (Å²) in [6.07, 6.45) is 0. The Bertz CT molecular complexity index is 641. The van der Waals surface area contributed by atoms with Gasteiger partial charge in [0.25, 0.3) is 5.91 Å². The summed E-state index contributed by atoms with van der Waals surface area (Å²) < 4.78 is 4.55. The molecule has 1 heterocycles. The SMILES string of the molecule is COC(=O)c1cccc(C(=O)Nc2ccc(Cl)cc2)n1. The lowest BCUT2D eigenvalue weighted by Crippen LogP contribution is -2.15. The largest absolute Gasteiger partial charge is 0.464 e. The number of aromatic nitrogens is 1. The quantitative estimate of drug-likeness (QED) is 0.883. The molecule has 1 N–H and O–H groups in total. The second-order valence-electron chi connectivity index (χ2n) is 3.86. The number of amides is 1. The van der Waals surface area contributed by atoms with E-state index in [-0.39, 0.29) is 11.4 Å². The summed E-state index contributed by atoms with van der Waals surface area (Å²) in [4.78, 5) is 27.3. The Labute approximate surface area is 120 Å². The van der Waals surface area contributed by atoms with Crippen molar-refractivity contribution in [3.05, 3.63) is 58.9 Å². The summed E-state index contributed by atoms with van der Waals surface area (Å²) in [5, 5.41) is 3.23. The zero-order valence-electron chi connectivity index (χ0n) is 10.6. The molecule has 0 fully saturated rings. The number of hydrogen-bond acceptors (Lipinski definition) is 4. The molecule has 1 amide bonds. The first-order valence-electron chi connectivity index (χ1n) is 5.72. The van der Waals surface area contributed by atoms with E-state index in [2.05, 4.69) is 15.0 Å². The van der Waals surface area contributed by atoms with Crippen molar-refractivity contribution in [2.24, 2.45) is 0 Å². The van der Waals surface area contributed by atoms with Crippen LogP contribution >= 0.6 is 11.6 Å². The van der Waals surface area contributed by atoms with Crippen LogP contribution in [0.4, 0.5) is 5.69 Å². The second kappa shape index (κ2) is 6.16. The zero-order valence-corrected chi connectivity index (χ0v) is 11.3. The minimum Gasteiger partial charge on any atom is -0.464 e. The van der Waals surface area contributed by atoms with Crippen LogP contribution in [0.25, 0.3) is 0 Å². The van der Waals surface area contributed by atoms with Gasteiger partial charge in [0.1, 0.15) is 11.4 Å². The van der Waals surface area contributed by atoms with E-state index in [4.69, 9.17) is 11.6 Å². The van der Waals surface area contributed by atoms with Gasteiger partial charge >= 0.3 is 5.97 Å². The van der Waals surface area contributed by atoms with E-state index in [1.807, 2.05) is 0 Å². The number of hydrogen-bond donors (Lipinski definition) is 1. The smallest absolute Gasteiger partial charge is 0.356 e. The molecule has 2 rings (SSSR count). The molecular formula is C14H11ClN2O3.